The summed E-state index contributed by atoms with van der Waals surface area (Å²) in [5.41, 5.74) is 1.12. The standard InChI is InChI=1S/C24H13Br2Cl3N2O4/c25-14-7-13(21(19(26)9-14)35-11-12-1-2-16(28)10-20(12)29)8-18-22(32)30-24(34)31(23(18)33)17-5-3-15(27)4-6-17/h1-10H,11H2,(H,30,32,34)/b18-8+. The van der Waals surface area contributed by atoms with E-state index in [1.54, 1.807) is 30.3 Å². The second-order valence-electron chi connectivity index (χ2n) is 7.26. The summed E-state index contributed by atoms with van der Waals surface area (Å²) >= 11 is 25.0. The minimum Gasteiger partial charge on any atom is -0.487 e. The van der Waals surface area contributed by atoms with Crippen LogP contribution < -0.4 is 15.0 Å². The molecule has 0 spiro atoms. The number of anilines is 1. The highest BCUT2D eigenvalue weighted by Gasteiger charge is 2.37. The van der Waals surface area contributed by atoms with E-state index >= 15 is 0 Å². The lowest BCUT2D eigenvalue weighted by molar-refractivity contribution is -0.122. The Balaban J connectivity index is 1.71. The van der Waals surface area contributed by atoms with Crippen molar-refractivity contribution in [3.63, 3.8) is 0 Å². The first-order valence-electron chi connectivity index (χ1n) is 9.87. The predicted molar refractivity (Wildman–Crippen MR) is 143 cm³/mol. The number of benzene rings is 3. The summed E-state index contributed by atoms with van der Waals surface area (Å²) in [7, 11) is 0. The number of ether oxygens (including phenoxy) is 1. The smallest absolute Gasteiger partial charge is 0.335 e. The molecule has 1 aliphatic heterocycles. The van der Waals surface area contributed by atoms with Crippen molar-refractivity contribution in [1.82, 2.24) is 5.32 Å². The van der Waals surface area contributed by atoms with Gasteiger partial charge in [0.2, 0.25) is 0 Å². The molecule has 3 aromatic carbocycles. The minimum atomic E-state index is -0.858. The largest absolute Gasteiger partial charge is 0.487 e. The predicted octanol–water partition coefficient (Wildman–Crippen LogP) is 7.42. The number of carbonyl (C=O) groups is 3. The molecule has 35 heavy (non-hydrogen) atoms. The van der Waals surface area contributed by atoms with Gasteiger partial charge in [-0.15, -0.1) is 0 Å². The molecule has 178 valence electrons. The van der Waals surface area contributed by atoms with Crippen LogP contribution in [0, 0.1) is 0 Å². The second-order valence-corrected chi connectivity index (χ2v) is 10.3. The highest BCUT2D eigenvalue weighted by atomic mass is 79.9. The Kier molecular flexibility index (Phi) is 7.88. The number of rotatable bonds is 5. The van der Waals surface area contributed by atoms with E-state index in [-0.39, 0.29) is 17.9 Å². The fourth-order valence-electron chi connectivity index (χ4n) is 3.27. The Hall–Kier alpha value is -2.36. The first-order valence-corrected chi connectivity index (χ1v) is 12.6. The van der Waals surface area contributed by atoms with Crippen molar-refractivity contribution in [3.05, 3.63) is 95.3 Å². The molecule has 0 radical (unpaired) electrons. The molecule has 4 rings (SSSR count). The second kappa shape index (κ2) is 10.7. The summed E-state index contributed by atoms with van der Waals surface area (Å²) in [5, 5.41) is 3.56. The summed E-state index contributed by atoms with van der Waals surface area (Å²) in [6.45, 7) is 0.0991. The van der Waals surface area contributed by atoms with Crippen LogP contribution in [0.4, 0.5) is 10.5 Å². The van der Waals surface area contributed by atoms with E-state index in [2.05, 4.69) is 37.2 Å². The average Bonchev–Trinajstić information content (AvgIpc) is 2.78. The van der Waals surface area contributed by atoms with Crippen LogP contribution in [-0.4, -0.2) is 17.8 Å². The number of amides is 4. The third kappa shape index (κ3) is 5.73. The van der Waals surface area contributed by atoms with Crippen LogP contribution in [0.3, 0.4) is 0 Å². The van der Waals surface area contributed by atoms with E-state index in [0.717, 1.165) is 4.90 Å². The Morgan fingerprint density at radius 1 is 0.914 bits per heavy atom. The lowest BCUT2D eigenvalue weighted by Gasteiger charge is -2.26. The maximum Gasteiger partial charge on any atom is 0.335 e. The summed E-state index contributed by atoms with van der Waals surface area (Å²) < 4.78 is 7.25. The summed E-state index contributed by atoms with van der Waals surface area (Å²) in [6.07, 6.45) is 1.36. The van der Waals surface area contributed by atoms with Crippen molar-refractivity contribution in [3.8, 4) is 5.75 Å². The molecule has 1 N–H and O–H groups in total. The third-order valence-electron chi connectivity index (χ3n) is 4.91. The topological polar surface area (TPSA) is 75.7 Å². The van der Waals surface area contributed by atoms with Gasteiger partial charge in [0.25, 0.3) is 11.8 Å². The van der Waals surface area contributed by atoms with Crippen LogP contribution in [0.25, 0.3) is 6.08 Å². The summed E-state index contributed by atoms with van der Waals surface area (Å²) in [5.74, 6) is -1.25. The van der Waals surface area contributed by atoms with Gasteiger partial charge in [-0.05, 0) is 70.5 Å². The molecule has 4 amide bonds. The van der Waals surface area contributed by atoms with Crippen LogP contribution in [0.15, 0.2) is 69.1 Å². The van der Waals surface area contributed by atoms with E-state index in [9.17, 15) is 14.4 Å². The van der Waals surface area contributed by atoms with Gasteiger partial charge in [-0.2, -0.15) is 0 Å². The summed E-state index contributed by atoms with van der Waals surface area (Å²) in [6, 6.07) is 13.7. The number of carbonyl (C=O) groups excluding carboxylic acids is 3. The van der Waals surface area contributed by atoms with Crippen LogP contribution in [-0.2, 0) is 16.2 Å². The molecule has 0 aliphatic carbocycles. The van der Waals surface area contributed by atoms with Gasteiger partial charge >= 0.3 is 6.03 Å². The van der Waals surface area contributed by atoms with Crippen LogP contribution >= 0.6 is 66.7 Å². The first kappa shape index (κ1) is 25.7. The van der Waals surface area contributed by atoms with Gasteiger partial charge in [0, 0.05) is 30.7 Å². The van der Waals surface area contributed by atoms with Crippen molar-refractivity contribution in [2.75, 3.05) is 4.90 Å². The van der Waals surface area contributed by atoms with Crippen molar-refractivity contribution >= 4 is 96.3 Å². The zero-order valence-electron chi connectivity index (χ0n) is 17.5. The van der Waals surface area contributed by atoms with Crippen LogP contribution in [0.1, 0.15) is 11.1 Å². The quantitative estimate of drug-likeness (QED) is 0.229. The Labute approximate surface area is 232 Å². The highest BCUT2D eigenvalue weighted by Crippen LogP contribution is 2.36. The molecular weight excluding hydrogens is 646 g/mol. The van der Waals surface area contributed by atoms with E-state index in [0.29, 0.717) is 40.9 Å². The molecule has 0 bridgehead atoms. The monoisotopic (exact) mass is 656 g/mol. The summed E-state index contributed by atoms with van der Waals surface area (Å²) in [4.78, 5) is 39.2. The molecular formula is C24H13Br2Cl3N2O4. The minimum absolute atomic E-state index is 0.0991. The fourth-order valence-corrected chi connectivity index (χ4v) is 5.23. The van der Waals surface area contributed by atoms with E-state index in [4.69, 9.17) is 39.5 Å². The number of barbiturate groups is 1. The van der Waals surface area contributed by atoms with Crippen molar-refractivity contribution in [1.29, 1.82) is 0 Å². The molecule has 0 atom stereocenters. The van der Waals surface area contributed by atoms with Gasteiger partial charge in [0.15, 0.2) is 0 Å². The molecule has 6 nitrogen and oxygen atoms in total. The molecule has 0 unspecified atom stereocenters. The van der Waals surface area contributed by atoms with Crippen molar-refractivity contribution in [2.24, 2.45) is 0 Å². The maximum absolute atomic E-state index is 13.2. The number of hydrogen-bond acceptors (Lipinski definition) is 4. The number of urea groups is 1. The molecule has 11 heteroatoms. The average molecular weight is 660 g/mol. The van der Waals surface area contributed by atoms with E-state index < -0.39 is 17.8 Å². The Morgan fingerprint density at radius 3 is 2.29 bits per heavy atom. The van der Waals surface area contributed by atoms with Crippen molar-refractivity contribution in [2.45, 2.75) is 6.61 Å². The van der Waals surface area contributed by atoms with Crippen LogP contribution in [0.5, 0.6) is 5.75 Å². The maximum atomic E-state index is 13.2. The van der Waals surface area contributed by atoms with E-state index in [1.165, 1.54) is 30.3 Å². The number of nitrogens with one attached hydrogen (secondary N) is 1. The molecule has 3 aromatic rings. The molecule has 0 aromatic heterocycles. The number of hydrogen-bond donors (Lipinski definition) is 1. The van der Waals surface area contributed by atoms with Gasteiger partial charge in [0.05, 0.1) is 10.2 Å². The SMILES string of the molecule is O=C1NC(=O)N(c2ccc(Cl)cc2)C(=O)/C1=C/c1cc(Br)cc(Br)c1OCc1ccc(Cl)cc1Cl. The van der Waals surface area contributed by atoms with Crippen molar-refractivity contribution < 1.29 is 19.1 Å². The molecule has 1 fully saturated rings. The van der Waals surface area contributed by atoms with Gasteiger partial charge in [-0.1, -0.05) is 56.8 Å². The molecule has 1 aliphatic rings. The van der Waals surface area contributed by atoms with Gasteiger partial charge in [-0.3, -0.25) is 14.9 Å². The lowest BCUT2D eigenvalue weighted by Crippen LogP contribution is -2.54. The highest BCUT2D eigenvalue weighted by molar-refractivity contribution is 9.11. The molecule has 0 saturated carbocycles. The lowest BCUT2D eigenvalue weighted by atomic mass is 10.1. The third-order valence-corrected chi connectivity index (χ3v) is 6.80. The fraction of sp³-hybridized carbons (Fsp3) is 0.0417. The molecule has 1 heterocycles. The van der Waals surface area contributed by atoms with Gasteiger partial charge < -0.3 is 4.74 Å². The zero-order chi connectivity index (χ0) is 25.3. The van der Waals surface area contributed by atoms with Gasteiger partial charge in [0.1, 0.15) is 17.9 Å². The first-order chi connectivity index (χ1) is 16.6. The number of halogens is 5. The molecule has 1 saturated heterocycles. The number of nitrogens with zero attached hydrogens (tertiary/aromatic N) is 1. The normalized spacial score (nSPS) is 14.9. The Morgan fingerprint density at radius 2 is 1.60 bits per heavy atom. The Bertz CT molecular complexity index is 1390. The van der Waals surface area contributed by atoms with Crippen LogP contribution in [0.2, 0.25) is 15.1 Å². The van der Waals surface area contributed by atoms with E-state index in [1.807, 2.05) is 0 Å². The number of imide groups is 2. The zero-order valence-corrected chi connectivity index (χ0v) is 22.9. The van der Waals surface area contributed by atoms with Gasteiger partial charge in [-0.25, -0.2) is 9.69 Å².